The molecule has 0 fully saturated rings. The first-order chi connectivity index (χ1) is 9.38. The van der Waals surface area contributed by atoms with Crippen LogP contribution in [0.25, 0.3) is 0 Å². The average molecular weight is 395 g/mol. The number of hydrogen-bond acceptors (Lipinski definition) is 2. The van der Waals surface area contributed by atoms with Crippen LogP contribution < -0.4 is 5.32 Å². The van der Waals surface area contributed by atoms with Crippen LogP contribution in [0.15, 0.2) is 34.8 Å². The smallest absolute Gasteiger partial charge is 0.259 e. The molecule has 0 heterocycles. The van der Waals surface area contributed by atoms with Crippen LogP contribution in [0.2, 0.25) is 15.1 Å². The first-order valence-corrected chi connectivity index (χ1v) is 7.25. The SMILES string of the molecule is O=C(Nc1ccc(Cl)c(Cl)c1)c1cc(Br)c(Cl)cc1O. The molecule has 20 heavy (non-hydrogen) atoms. The van der Waals surface area contributed by atoms with Gasteiger partial charge in [0.25, 0.3) is 5.91 Å². The van der Waals surface area contributed by atoms with Gasteiger partial charge in [0.05, 0.1) is 20.6 Å². The molecule has 7 heteroatoms. The lowest BCUT2D eigenvalue weighted by molar-refractivity contribution is 0.102. The third-order valence-electron chi connectivity index (χ3n) is 2.46. The first-order valence-electron chi connectivity index (χ1n) is 5.33. The van der Waals surface area contributed by atoms with Crippen molar-refractivity contribution in [1.82, 2.24) is 0 Å². The van der Waals surface area contributed by atoms with Gasteiger partial charge in [-0.1, -0.05) is 34.8 Å². The van der Waals surface area contributed by atoms with Gasteiger partial charge in [0.15, 0.2) is 0 Å². The fourth-order valence-corrected chi connectivity index (χ4v) is 2.29. The van der Waals surface area contributed by atoms with Gasteiger partial charge in [-0.15, -0.1) is 0 Å². The van der Waals surface area contributed by atoms with Crippen LogP contribution >= 0.6 is 50.7 Å². The normalized spacial score (nSPS) is 10.4. The van der Waals surface area contributed by atoms with Crippen molar-refractivity contribution in [1.29, 1.82) is 0 Å². The van der Waals surface area contributed by atoms with E-state index in [4.69, 9.17) is 34.8 Å². The number of hydrogen-bond donors (Lipinski definition) is 2. The zero-order valence-electron chi connectivity index (χ0n) is 9.75. The zero-order valence-corrected chi connectivity index (χ0v) is 13.6. The van der Waals surface area contributed by atoms with Crippen molar-refractivity contribution in [3.63, 3.8) is 0 Å². The van der Waals surface area contributed by atoms with Gasteiger partial charge in [-0.05, 0) is 40.2 Å². The summed E-state index contributed by atoms with van der Waals surface area (Å²) >= 11 is 20.7. The van der Waals surface area contributed by atoms with Gasteiger partial charge in [-0.2, -0.15) is 0 Å². The molecule has 0 radical (unpaired) electrons. The van der Waals surface area contributed by atoms with Crippen LogP contribution in [0.3, 0.4) is 0 Å². The molecule has 0 atom stereocenters. The van der Waals surface area contributed by atoms with Crippen LogP contribution in [0.4, 0.5) is 5.69 Å². The highest BCUT2D eigenvalue weighted by molar-refractivity contribution is 9.10. The van der Waals surface area contributed by atoms with Gasteiger partial charge < -0.3 is 10.4 Å². The van der Waals surface area contributed by atoms with Gasteiger partial charge in [0.2, 0.25) is 0 Å². The summed E-state index contributed by atoms with van der Waals surface area (Å²) in [6.45, 7) is 0. The fraction of sp³-hybridized carbons (Fsp3) is 0. The second-order valence-electron chi connectivity index (χ2n) is 3.87. The van der Waals surface area contributed by atoms with E-state index >= 15 is 0 Å². The van der Waals surface area contributed by atoms with Crippen molar-refractivity contribution < 1.29 is 9.90 Å². The van der Waals surface area contributed by atoms with Crippen LogP contribution in [-0.4, -0.2) is 11.0 Å². The highest BCUT2D eigenvalue weighted by Crippen LogP contribution is 2.31. The predicted molar refractivity (Wildman–Crippen MR) is 85.2 cm³/mol. The molecule has 2 rings (SSSR count). The van der Waals surface area contributed by atoms with Gasteiger partial charge >= 0.3 is 0 Å². The predicted octanol–water partition coefficient (Wildman–Crippen LogP) is 5.37. The molecule has 0 aliphatic rings. The van der Waals surface area contributed by atoms with Crippen LogP contribution in [-0.2, 0) is 0 Å². The van der Waals surface area contributed by atoms with E-state index in [9.17, 15) is 9.90 Å². The lowest BCUT2D eigenvalue weighted by Gasteiger charge is -2.09. The quantitative estimate of drug-likeness (QED) is 0.718. The van der Waals surface area contributed by atoms with E-state index in [1.807, 2.05) is 0 Å². The third kappa shape index (κ3) is 3.38. The molecule has 0 aromatic heterocycles. The fourth-order valence-electron chi connectivity index (χ4n) is 1.49. The number of rotatable bonds is 2. The number of phenolic OH excluding ortho intramolecular Hbond substituents is 1. The second kappa shape index (κ2) is 6.22. The maximum absolute atomic E-state index is 12.1. The molecular formula is C13H7BrCl3NO2. The lowest BCUT2D eigenvalue weighted by Crippen LogP contribution is -2.12. The third-order valence-corrected chi connectivity index (χ3v) is 4.40. The van der Waals surface area contributed by atoms with Crippen LogP contribution in [0.5, 0.6) is 5.75 Å². The largest absolute Gasteiger partial charge is 0.507 e. The minimum atomic E-state index is -0.488. The molecule has 2 N–H and O–H groups in total. The van der Waals surface area contributed by atoms with E-state index in [1.54, 1.807) is 12.1 Å². The molecule has 2 aromatic rings. The Labute approximate surface area is 138 Å². The molecule has 104 valence electrons. The Morgan fingerprint density at radius 1 is 1.05 bits per heavy atom. The monoisotopic (exact) mass is 393 g/mol. The molecule has 0 saturated carbocycles. The van der Waals surface area contributed by atoms with E-state index in [0.717, 1.165) is 0 Å². The summed E-state index contributed by atoms with van der Waals surface area (Å²) in [5.41, 5.74) is 0.558. The Morgan fingerprint density at radius 3 is 2.40 bits per heavy atom. The number of carbonyl (C=O) groups is 1. The Balaban J connectivity index is 2.28. The Morgan fingerprint density at radius 2 is 1.75 bits per heavy atom. The standard InChI is InChI=1S/C13H7BrCl3NO2/c14-8-4-7(12(19)5-10(8)16)13(20)18-6-1-2-9(15)11(17)3-6/h1-5,19H,(H,18,20). The van der Waals surface area contributed by atoms with E-state index in [0.29, 0.717) is 25.2 Å². The summed E-state index contributed by atoms with van der Waals surface area (Å²) in [6.07, 6.45) is 0. The van der Waals surface area contributed by atoms with E-state index in [2.05, 4.69) is 21.2 Å². The summed E-state index contributed by atoms with van der Waals surface area (Å²) in [6, 6.07) is 7.41. The number of halogens is 4. The summed E-state index contributed by atoms with van der Waals surface area (Å²) in [5.74, 6) is -0.700. The van der Waals surface area contributed by atoms with Crippen molar-refractivity contribution in [2.75, 3.05) is 5.32 Å². The molecule has 2 aromatic carbocycles. The van der Waals surface area contributed by atoms with Gasteiger partial charge in [0.1, 0.15) is 5.75 Å². The number of carbonyl (C=O) groups excluding carboxylic acids is 1. The second-order valence-corrected chi connectivity index (χ2v) is 5.94. The molecule has 0 aliphatic heterocycles. The molecule has 3 nitrogen and oxygen atoms in total. The van der Waals surface area contributed by atoms with E-state index < -0.39 is 5.91 Å². The van der Waals surface area contributed by atoms with Gasteiger partial charge in [0, 0.05) is 16.2 Å². The molecule has 0 aliphatic carbocycles. The summed E-state index contributed by atoms with van der Waals surface area (Å²) < 4.78 is 0.510. The van der Waals surface area contributed by atoms with Crippen molar-refractivity contribution in [3.05, 3.63) is 55.4 Å². The molecule has 0 unspecified atom stereocenters. The maximum Gasteiger partial charge on any atom is 0.259 e. The molecular weight excluding hydrogens is 388 g/mol. The zero-order chi connectivity index (χ0) is 14.9. The molecule has 0 bridgehead atoms. The number of anilines is 1. The first kappa shape index (κ1) is 15.4. The molecule has 1 amide bonds. The van der Waals surface area contributed by atoms with Crippen molar-refractivity contribution in [2.45, 2.75) is 0 Å². The number of benzene rings is 2. The number of phenols is 1. The number of nitrogens with one attached hydrogen (secondary N) is 1. The molecule has 0 saturated heterocycles. The van der Waals surface area contributed by atoms with Crippen molar-refractivity contribution in [2.24, 2.45) is 0 Å². The molecule has 0 spiro atoms. The highest BCUT2D eigenvalue weighted by Gasteiger charge is 2.14. The Hall–Kier alpha value is -0.940. The number of aromatic hydroxyl groups is 1. The highest BCUT2D eigenvalue weighted by atomic mass is 79.9. The maximum atomic E-state index is 12.1. The topological polar surface area (TPSA) is 49.3 Å². The summed E-state index contributed by atoms with van der Waals surface area (Å²) in [4.78, 5) is 12.1. The minimum absolute atomic E-state index is 0.0901. The van der Waals surface area contributed by atoms with E-state index in [-0.39, 0.29) is 11.3 Å². The van der Waals surface area contributed by atoms with Gasteiger partial charge in [-0.3, -0.25) is 4.79 Å². The van der Waals surface area contributed by atoms with Crippen LogP contribution in [0.1, 0.15) is 10.4 Å². The van der Waals surface area contributed by atoms with Crippen LogP contribution in [0, 0.1) is 0 Å². The Kier molecular flexibility index (Phi) is 4.81. The van der Waals surface area contributed by atoms with Gasteiger partial charge in [-0.25, -0.2) is 0 Å². The van der Waals surface area contributed by atoms with Crippen molar-refractivity contribution >= 4 is 62.3 Å². The lowest BCUT2D eigenvalue weighted by atomic mass is 10.2. The van der Waals surface area contributed by atoms with Crippen molar-refractivity contribution in [3.8, 4) is 5.75 Å². The Bertz CT molecular complexity index is 692. The summed E-state index contributed by atoms with van der Waals surface area (Å²) in [7, 11) is 0. The summed E-state index contributed by atoms with van der Waals surface area (Å²) in [5, 5.41) is 13.4. The minimum Gasteiger partial charge on any atom is -0.507 e. The average Bonchev–Trinajstić information content (AvgIpc) is 2.38. The number of amides is 1. The van der Waals surface area contributed by atoms with E-state index in [1.165, 1.54) is 18.2 Å².